The molecule has 102 valence electrons. The summed E-state index contributed by atoms with van der Waals surface area (Å²) in [5.41, 5.74) is 0. The van der Waals surface area contributed by atoms with Crippen molar-refractivity contribution in [1.29, 1.82) is 0 Å². The first-order valence-electron chi connectivity index (χ1n) is 7.01. The highest BCUT2D eigenvalue weighted by Crippen LogP contribution is 2.13. The number of rotatable bonds is 2. The van der Waals surface area contributed by atoms with Crippen LogP contribution < -0.4 is 5.32 Å². The summed E-state index contributed by atoms with van der Waals surface area (Å²) < 4.78 is 0. The molecule has 0 unspecified atom stereocenters. The predicted molar refractivity (Wildman–Crippen MR) is 69.1 cm³/mol. The number of carbonyl (C=O) groups is 2. The second-order valence-corrected chi connectivity index (χ2v) is 5.13. The SMILES string of the molecule is CCN1CCN(C(=O)[C@@H]2CCCCC(=O)N2)CC1. The molecule has 18 heavy (non-hydrogen) atoms. The van der Waals surface area contributed by atoms with Crippen molar-refractivity contribution in [3.63, 3.8) is 0 Å². The van der Waals surface area contributed by atoms with Crippen LogP contribution in [-0.2, 0) is 9.59 Å². The van der Waals surface area contributed by atoms with E-state index in [1.807, 2.05) is 4.90 Å². The largest absolute Gasteiger partial charge is 0.344 e. The van der Waals surface area contributed by atoms with Crippen molar-refractivity contribution in [1.82, 2.24) is 15.1 Å². The number of carbonyl (C=O) groups excluding carboxylic acids is 2. The predicted octanol–water partition coefficient (Wildman–Crippen LogP) is 0.209. The third-order valence-corrected chi connectivity index (χ3v) is 3.91. The van der Waals surface area contributed by atoms with Crippen LogP contribution in [0, 0.1) is 0 Å². The van der Waals surface area contributed by atoms with E-state index in [-0.39, 0.29) is 17.9 Å². The fraction of sp³-hybridized carbons (Fsp3) is 0.846. The maximum absolute atomic E-state index is 12.3. The standard InChI is InChI=1S/C13H23N3O2/c1-2-15-7-9-16(10-8-15)13(18)11-5-3-4-6-12(17)14-11/h11H,2-10H2,1H3,(H,14,17)/t11-/m0/s1. The fourth-order valence-corrected chi connectivity index (χ4v) is 2.66. The highest BCUT2D eigenvalue weighted by molar-refractivity contribution is 5.88. The number of amides is 2. The van der Waals surface area contributed by atoms with Gasteiger partial charge >= 0.3 is 0 Å². The van der Waals surface area contributed by atoms with Crippen molar-refractivity contribution in [3.8, 4) is 0 Å². The summed E-state index contributed by atoms with van der Waals surface area (Å²) in [6.45, 7) is 6.66. The molecule has 2 fully saturated rings. The van der Waals surface area contributed by atoms with Gasteiger partial charge in [-0.2, -0.15) is 0 Å². The Bertz CT molecular complexity index is 311. The maximum atomic E-state index is 12.3. The van der Waals surface area contributed by atoms with Crippen LogP contribution in [0.2, 0.25) is 0 Å². The zero-order valence-corrected chi connectivity index (χ0v) is 11.2. The minimum absolute atomic E-state index is 0.0260. The first kappa shape index (κ1) is 13.3. The lowest BCUT2D eigenvalue weighted by Gasteiger charge is -2.35. The Morgan fingerprint density at radius 2 is 2.00 bits per heavy atom. The summed E-state index contributed by atoms with van der Waals surface area (Å²) in [6.07, 6.45) is 3.22. The molecule has 0 bridgehead atoms. The number of likely N-dealkylation sites (N-methyl/N-ethyl adjacent to an activating group) is 1. The van der Waals surface area contributed by atoms with Gasteiger partial charge in [-0.3, -0.25) is 9.59 Å². The van der Waals surface area contributed by atoms with Crippen molar-refractivity contribution in [2.45, 2.75) is 38.6 Å². The molecule has 1 N–H and O–H groups in total. The highest BCUT2D eigenvalue weighted by atomic mass is 16.2. The molecule has 0 spiro atoms. The lowest BCUT2D eigenvalue weighted by molar-refractivity contribution is -0.137. The summed E-state index contributed by atoms with van der Waals surface area (Å²) >= 11 is 0. The Morgan fingerprint density at radius 3 is 2.67 bits per heavy atom. The Kier molecular flexibility index (Phi) is 4.58. The molecule has 0 radical (unpaired) electrons. The third-order valence-electron chi connectivity index (χ3n) is 3.91. The van der Waals surface area contributed by atoms with Crippen LogP contribution in [0.1, 0.15) is 32.6 Å². The summed E-state index contributed by atoms with van der Waals surface area (Å²) in [6, 6.07) is -0.284. The molecule has 0 aromatic heterocycles. The lowest BCUT2D eigenvalue weighted by atomic mass is 10.1. The number of piperazine rings is 1. The van der Waals surface area contributed by atoms with Gasteiger partial charge in [0.25, 0.3) is 0 Å². The van der Waals surface area contributed by atoms with Crippen LogP contribution in [0.5, 0.6) is 0 Å². The first-order chi connectivity index (χ1) is 8.70. The summed E-state index contributed by atoms with van der Waals surface area (Å²) in [7, 11) is 0. The van der Waals surface area contributed by atoms with Crippen LogP contribution >= 0.6 is 0 Å². The van der Waals surface area contributed by atoms with Crippen molar-refractivity contribution in [2.75, 3.05) is 32.7 Å². The van der Waals surface area contributed by atoms with Gasteiger partial charge in [-0.05, 0) is 19.4 Å². The Balaban J connectivity index is 1.88. The maximum Gasteiger partial charge on any atom is 0.245 e. The minimum atomic E-state index is -0.284. The molecule has 5 heteroatoms. The normalized spacial score (nSPS) is 26.6. The van der Waals surface area contributed by atoms with Crippen LogP contribution in [-0.4, -0.2) is 60.4 Å². The van der Waals surface area contributed by atoms with Gasteiger partial charge in [0.05, 0.1) is 0 Å². The fourth-order valence-electron chi connectivity index (χ4n) is 2.66. The van der Waals surface area contributed by atoms with E-state index < -0.39 is 0 Å². The Labute approximate surface area is 108 Å². The molecule has 0 aromatic rings. The molecule has 0 aliphatic carbocycles. The van der Waals surface area contributed by atoms with Crippen molar-refractivity contribution < 1.29 is 9.59 Å². The van der Waals surface area contributed by atoms with Crippen LogP contribution in [0.3, 0.4) is 0 Å². The van der Waals surface area contributed by atoms with Crippen LogP contribution in [0.4, 0.5) is 0 Å². The number of hydrogen-bond acceptors (Lipinski definition) is 3. The molecule has 2 saturated heterocycles. The number of nitrogens with one attached hydrogen (secondary N) is 1. The van der Waals surface area contributed by atoms with E-state index in [1.165, 1.54) is 0 Å². The third kappa shape index (κ3) is 3.22. The average Bonchev–Trinajstić information content (AvgIpc) is 2.63. The molecular weight excluding hydrogens is 230 g/mol. The number of nitrogens with zero attached hydrogens (tertiary/aromatic N) is 2. The molecule has 5 nitrogen and oxygen atoms in total. The summed E-state index contributed by atoms with van der Waals surface area (Å²) in [4.78, 5) is 28.1. The molecule has 2 aliphatic rings. The zero-order chi connectivity index (χ0) is 13.0. The average molecular weight is 253 g/mol. The van der Waals surface area contributed by atoms with Gasteiger partial charge in [-0.1, -0.05) is 13.3 Å². The van der Waals surface area contributed by atoms with E-state index in [2.05, 4.69) is 17.1 Å². The van der Waals surface area contributed by atoms with Gasteiger partial charge in [0.1, 0.15) is 6.04 Å². The molecule has 0 saturated carbocycles. The van der Waals surface area contributed by atoms with Gasteiger partial charge < -0.3 is 15.1 Å². The van der Waals surface area contributed by atoms with Crippen molar-refractivity contribution in [3.05, 3.63) is 0 Å². The van der Waals surface area contributed by atoms with Gasteiger partial charge in [0, 0.05) is 32.6 Å². The number of hydrogen-bond donors (Lipinski definition) is 1. The van der Waals surface area contributed by atoms with E-state index in [4.69, 9.17) is 0 Å². The molecule has 2 aliphatic heterocycles. The first-order valence-corrected chi connectivity index (χ1v) is 7.01. The summed E-state index contributed by atoms with van der Waals surface area (Å²) in [5.74, 6) is 0.138. The molecule has 2 heterocycles. The Hall–Kier alpha value is -1.10. The monoisotopic (exact) mass is 253 g/mol. The van der Waals surface area contributed by atoms with Gasteiger partial charge in [-0.25, -0.2) is 0 Å². The van der Waals surface area contributed by atoms with Crippen LogP contribution in [0.15, 0.2) is 0 Å². The quantitative estimate of drug-likeness (QED) is 0.765. The van der Waals surface area contributed by atoms with Crippen LogP contribution in [0.25, 0.3) is 0 Å². The molecule has 2 rings (SSSR count). The Morgan fingerprint density at radius 1 is 1.28 bits per heavy atom. The highest BCUT2D eigenvalue weighted by Gasteiger charge is 2.29. The second kappa shape index (κ2) is 6.18. The molecule has 2 amide bonds. The summed E-state index contributed by atoms with van der Waals surface area (Å²) in [5, 5.41) is 2.86. The van der Waals surface area contributed by atoms with E-state index in [9.17, 15) is 9.59 Å². The van der Waals surface area contributed by atoms with E-state index in [1.54, 1.807) is 0 Å². The van der Waals surface area contributed by atoms with Gasteiger partial charge in [-0.15, -0.1) is 0 Å². The van der Waals surface area contributed by atoms with Gasteiger partial charge in [0.2, 0.25) is 11.8 Å². The van der Waals surface area contributed by atoms with Gasteiger partial charge in [0.15, 0.2) is 0 Å². The van der Waals surface area contributed by atoms with E-state index in [0.29, 0.717) is 6.42 Å². The van der Waals surface area contributed by atoms with Crippen molar-refractivity contribution >= 4 is 11.8 Å². The van der Waals surface area contributed by atoms with Crippen molar-refractivity contribution in [2.24, 2.45) is 0 Å². The van der Waals surface area contributed by atoms with E-state index in [0.717, 1.165) is 52.0 Å². The smallest absolute Gasteiger partial charge is 0.245 e. The molecule has 0 aromatic carbocycles. The molecule has 1 atom stereocenters. The second-order valence-electron chi connectivity index (χ2n) is 5.13. The lowest BCUT2D eigenvalue weighted by Crippen LogP contribution is -2.54. The topological polar surface area (TPSA) is 52.7 Å². The molecular formula is C13H23N3O2. The minimum Gasteiger partial charge on any atom is -0.344 e. The zero-order valence-electron chi connectivity index (χ0n) is 11.2. The van der Waals surface area contributed by atoms with E-state index >= 15 is 0 Å².